The molecule has 0 spiro atoms. The number of methoxy groups -OCH3 is 1. The van der Waals surface area contributed by atoms with Crippen LogP contribution in [0.4, 0.5) is 0 Å². The number of benzene rings is 1. The highest BCUT2D eigenvalue weighted by Gasteiger charge is 2.58. The van der Waals surface area contributed by atoms with Crippen molar-refractivity contribution in [2.75, 3.05) is 7.11 Å². The van der Waals surface area contributed by atoms with E-state index in [9.17, 15) is 9.90 Å². The molecule has 4 nitrogen and oxygen atoms in total. The summed E-state index contributed by atoms with van der Waals surface area (Å²) in [6.45, 7) is 7.93. The monoisotopic (exact) mass is 305 g/mol. The topological polar surface area (TPSA) is 58.6 Å². The van der Waals surface area contributed by atoms with Gasteiger partial charge in [-0.1, -0.05) is 44.2 Å². The maximum atomic E-state index is 12.3. The molecule has 2 rings (SSSR count). The van der Waals surface area contributed by atoms with Gasteiger partial charge in [0.25, 0.3) is 0 Å². The molecule has 1 aromatic carbocycles. The number of carbonyl (C=O) groups is 1. The van der Waals surface area contributed by atoms with Crippen LogP contribution < -0.4 is 5.32 Å². The van der Waals surface area contributed by atoms with Crippen LogP contribution in [0.3, 0.4) is 0 Å². The number of rotatable bonds is 5. The molecule has 0 radical (unpaired) electrons. The minimum atomic E-state index is -1.16. The molecule has 1 aromatic rings. The second-order valence-corrected chi connectivity index (χ2v) is 7.30. The van der Waals surface area contributed by atoms with E-state index in [1.165, 1.54) is 0 Å². The van der Waals surface area contributed by atoms with E-state index in [0.717, 1.165) is 12.0 Å². The van der Waals surface area contributed by atoms with E-state index >= 15 is 0 Å². The van der Waals surface area contributed by atoms with E-state index < -0.39 is 5.60 Å². The number of hydrogen-bond acceptors (Lipinski definition) is 3. The van der Waals surface area contributed by atoms with Crippen molar-refractivity contribution in [1.82, 2.24) is 5.32 Å². The van der Waals surface area contributed by atoms with Crippen LogP contribution in [0, 0.1) is 5.41 Å². The highest BCUT2D eigenvalue weighted by Crippen LogP contribution is 2.51. The largest absolute Gasteiger partial charge is 0.385 e. The van der Waals surface area contributed by atoms with Crippen molar-refractivity contribution in [3.05, 3.63) is 35.9 Å². The quantitative estimate of drug-likeness (QED) is 0.879. The Hall–Kier alpha value is -1.39. The number of ether oxygens (including phenoxy) is 1. The molecule has 0 bridgehead atoms. The maximum Gasteiger partial charge on any atom is 0.223 e. The van der Waals surface area contributed by atoms with Gasteiger partial charge in [-0.15, -0.1) is 0 Å². The van der Waals surface area contributed by atoms with Crippen LogP contribution in [-0.4, -0.2) is 29.8 Å². The second-order valence-electron chi connectivity index (χ2n) is 7.30. The SMILES string of the molecule is COC1(C)CC(NC(=O)CC(C)(O)c2ccccc2)C1(C)C. The summed E-state index contributed by atoms with van der Waals surface area (Å²) in [6, 6.07) is 9.35. The van der Waals surface area contributed by atoms with Crippen LogP contribution in [0.25, 0.3) is 0 Å². The molecule has 0 saturated heterocycles. The van der Waals surface area contributed by atoms with E-state index in [4.69, 9.17) is 4.74 Å². The molecular weight excluding hydrogens is 278 g/mol. The molecule has 1 fully saturated rings. The van der Waals surface area contributed by atoms with Gasteiger partial charge in [-0.25, -0.2) is 0 Å². The average Bonchev–Trinajstić information content (AvgIpc) is 2.47. The summed E-state index contributed by atoms with van der Waals surface area (Å²) in [7, 11) is 1.71. The molecular formula is C18H27NO3. The van der Waals surface area contributed by atoms with Crippen molar-refractivity contribution in [3.8, 4) is 0 Å². The molecule has 4 heteroatoms. The van der Waals surface area contributed by atoms with Crippen molar-refractivity contribution >= 4 is 5.91 Å². The zero-order valence-electron chi connectivity index (χ0n) is 14.1. The molecule has 22 heavy (non-hydrogen) atoms. The summed E-state index contributed by atoms with van der Waals surface area (Å²) in [5, 5.41) is 13.6. The Morgan fingerprint density at radius 1 is 1.36 bits per heavy atom. The highest BCUT2D eigenvalue weighted by atomic mass is 16.5. The molecule has 122 valence electrons. The molecule has 1 aliphatic rings. The molecule has 1 aliphatic carbocycles. The Morgan fingerprint density at radius 3 is 2.45 bits per heavy atom. The number of nitrogens with one attached hydrogen (secondary N) is 1. The van der Waals surface area contributed by atoms with E-state index in [1.54, 1.807) is 14.0 Å². The van der Waals surface area contributed by atoms with Gasteiger partial charge < -0.3 is 15.2 Å². The van der Waals surface area contributed by atoms with Crippen LogP contribution in [0.1, 0.15) is 46.1 Å². The molecule has 0 aromatic heterocycles. The minimum Gasteiger partial charge on any atom is -0.385 e. The fraction of sp³-hybridized carbons (Fsp3) is 0.611. The third-order valence-electron chi connectivity index (χ3n) is 5.51. The summed E-state index contributed by atoms with van der Waals surface area (Å²) in [5.41, 5.74) is -0.757. The van der Waals surface area contributed by atoms with Crippen LogP contribution in [0.5, 0.6) is 0 Å². The summed E-state index contributed by atoms with van der Waals surface area (Å²) in [4.78, 5) is 12.3. The first-order valence-corrected chi connectivity index (χ1v) is 7.75. The third kappa shape index (κ3) is 2.90. The standard InChI is InChI=1S/C18H27NO3/c1-16(2)14(11-18(16,4)22-5)19-15(20)12-17(3,21)13-9-7-6-8-10-13/h6-10,14,21H,11-12H2,1-5H3,(H,19,20). The van der Waals surface area contributed by atoms with Crippen molar-refractivity contribution in [3.63, 3.8) is 0 Å². The third-order valence-corrected chi connectivity index (χ3v) is 5.51. The first kappa shape index (κ1) is 17.0. The summed E-state index contributed by atoms with van der Waals surface area (Å²) in [6.07, 6.45) is 0.836. The van der Waals surface area contributed by atoms with Gasteiger partial charge in [-0.3, -0.25) is 4.79 Å². The molecule has 3 atom stereocenters. The van der Waals surface area contributed by atoms with Crippen molar-refractivity contribution in [2.24, 2.45) is 5.41 Å². The number of hydrogen-bond donors (Lipinski definition) is 2. The number of aliphatic hydroxyl groups is 1. The van der Waals surface area contributed by atoms with E-state index in [1.807, 2.05) is 30.3 Å². The maximum absolute atomic E-state index is 12.3. The lowest BCUT2D eigenvalue weighted by atomic mass is 9.56. The molecule has 3 unspecified atom stereocenters. The Bertz CT molecular complexity index is 539. The van der Waals surface area contributed by atoms with Gasteiger partial charge in [0.15, 0.2) is 0 Å². The van der Waals surface area contributed by atoms with Gasteiger partial charge in [0.2, 0.25) is 5.91 Å². The van der Waals surface area contributed by atoms with Gasteiger partial charge in [0.1, 0.15) is 0 Å². The van der Waals surface area contributed by atoms with Crippen molar-refractivity contribution in [1.29, 1.82) is 0 Å². The van der Waals surface area contributed by atoms with Gasteiger partial charge in [-0.05, 0) is 25.8 Å². The molecule has 2 N–H and O–H groups in total. The van der Waals surface area contributed by atoms with E-state index in [2.05, 4.69) is 26.1 Å². The summed E-state index contributed by atoms with van der Waals surface area (Å²) >= 11 is 0. The zero-order chi connectivity index (χ0) is 16.6. The van der Waals surface area contributed by atoms with Gasteiger partial charge in [-0.2, -0.15) is 0 Å². The molecule has 1 saturated carbocycles. The van der Waals surface area contributed by atoms with Crippen LogP contribution in [-0.2, 0) is 15.1 Å². The number of carbonyl (C=O) groups excluding carboxylic acids is 1. The Labute approximate surface area is 132 Å². The summed E-state index contributed by atoms with van der Waals surface area (Å²) < 4.78 is 5.57. The fourth-order valence-electron chi connectivity index (χ4n) is 3.18. The van der Waals surface area contributed by atoms with Crippen LogP contribution >= 0.6 is 0 Å². The van der Waals surface area contributed by atoms with E-state index in [-0.39, 0.29) is 29.4 Å². The Balaban J connectivity index is 1.97. The second kappa shape index (κ2) is 5.67. The predicted molar refractivity (Wildman–Crippen MR) is 86.4 cm³/mol. The molecule has 0 heterocycles. The van der Waals surface area contributed by atoms with Gasteiger partial charge in [0, 0.05) is 18.6 Å². The fourth-order valence-corrected chi connectivity index (χ4v) is 3.18. The smallest absolute Gasteiger partial charge is 0.223 e. The van der Waals surface area contributed by atoms with Gasteiger partial charge >= 0.3 is 0 Å². The zero-order valence-corrected chi connectivity index (χ0v) is 14.1. The number of amides is 1. The van der Waals surface area contributed by atoms with Crippen molar-refractivity contribution < 1.29 is 14.6 Å². The lowest BCUT2D eigenvalue weighted by Gasteiger charge is -2.59. The van der Waals surface area contributed by atoms with Gasteiger partial charge in [0.05, 0.1) is 17.6 Å². The Kier molecular flexibility index (Phi) is 4.37. The normalized spacial score (nSPS) is 29.3. The lowest BCUT2D eigenvalue weighted by molar-refractivity contribution is -0.183. The van der Waals surface area contributed by atoms with E-state index in [0.29, 0.717) is 0 Å². The van der Waals surface area contributed by atoms with Crippen LogP contribution in [0.2, 0.25) is 0 Å². The highest BCUT2D eigenvalue weighted by molar-refractivity contribution is 5.78. The van der Waals surface area contributed by atoms with Crippen LogP contribution in [0.15, 0.2) is 30.3 Å². The summed E-state index contributed by atoms with van der Waals surface area (Å²) in [5.74, 6) is -0.134. The Morgan fingerprint density at radius 2 is 1.95 bits per heavy atom. The predicted octanol–water partition coefficient (Wildman–Crippen LogP) is 2.60. The first-order chi connectivity index (χ1) is 10.1. The minimum absolute atomic E-state index is 0.0489. The van der Waals surface area contributed by atoms with Crippen molar-refractivity contribution in [2.45, 2.75) is 57.8 Å². The first-order valence-electron chi connectivity index (χ1n) is 7.75. The average molecular weight is 305 g/mol. The molecule has 1 amide bonds. The molecule has 0 aliphatic heterocycles. The lowest BCUT2D eigenvalue weighted by Crippen LogP contribution is -2.68.